The van der Waals surface area contributed by atoms with Crippen LogP contribution in [0.4, 0.5) is 17.1 Å². The van der Waals surface area contributed by atoms with E-state index in [2.05, 4.69) is 217 Å². The van der Waals surface area contributed by atoms with Crippen LogP contribution < -0.4 is 4.90 Å². The van der Waals surface area contributed by atoms with E-state index in [-0.39, 0.29) is 5.41 Å². The Morgan fingerprint density at radius 1 is 0.368 bits per heavy atom. The maximum atomic E-state index is 2.50. The van der Waals surface area contributed by atoms with E-state index in [0.29, 0.717) is 0 Å². The van der Waals surface area contributed by atoms with E-state index in [1.54, 1.807) is 0 Å². The molecule has 0 unspecified atom stereocenters. The first kappa shape index (κ1) is 32.1. The highest BCUT2D eigenvalue weighted by molar-refractivity contribution is 6.30. The summed E-state index contributed by atoms with van der Waals surface area (Å²) in [4.78, 5) is 2.39. The van der Waals surface area contributed by atoms with Gasteiger partial charge in [0.25, 0.3) is 0 Å². The number of fused-ring (bicyclic) bond motifs is 6. The van der Waals surface area contributed by atoms with Crippen LogP contribution in [-0.2, 0) is 5.41 Å². The molecule has 57 heavy (non-hydrogen) atoms. The number of hydrogen-bond donors (Lipinski definition) is 0. The van der Waals surface area contributed by atoms with E-state index in [9.17, 15) is 0 Å². The lowest BCUT2D eigenvalue weighted by atomic mass is 9.82. The molecule has 2 aliphatic rings. The first-order valence-electron chi connectivity index (χ1n) is 19.9. The Labute approximate surface area is 332 Å². The van der Waals surface area contributed by atoms with E-state index in [1.165, 1.54) is 88.2 Å². The summed E-state index contributed by atoms with van der Waals surface area (Å²) in [5.74, 6) is 0. The van der Waals surface area contributed by atoms with Crippen molar-refractivity contribution in [2.24, 2.45) is 0 Å². The third-order valence-electron chi connectivity index (χ3n) is 12.7. The van der Waals surface area contributed by atoms with Gasteiger partial charge >= 0.3 is 0 Å². The molecule has 2 aliphatic carbocycles. The highest BCUT2D eigenvalue weighted by Gasteiger charge is 2.35. The van der Waals surface area contributed by atoms with Crippen LogP contribution >= 0.6 is 0 Å². The van der Waals surface area contributed by atoms with Crippen LogP contribution in [0.1, 0.15) is 25.0 Å². The maximum Gasteiger partial charge on any atom is 0.0553 e. The van der Waals surface area contributed by atoms with E-state index in [1.807, 2.05) is 0 Å². The van der Waals surface area contributed by atoms with Gasteiger partial charge in [-0.15, -0.1) is 0 Å². The number of hydrogen-bond acceptors (Lipinski definition) is 1. The maximum absolute atomic E-state index is 2.50. The molecule has 2 nitrogen and oxygen atoms in total. The Bertz CT molecular complexity index is 3240. The van der Waals surface area contributed by atoms with Crippen molar-refractivity contribution in [2.45, 2.75) is 19.3 Å². The number of benzene rings is 9. The zero-order valence-corrected chi connectivity index (χ0v) is 31.9. The van der Waals surface area contributed by atoms with E-state index >= 15 is 0 Å². The van der Waals surface area contributed by atoms with Gasteiger partial charge in [0.05, 0.1) is 11.0 Å². The lowest BCUT2D eigenvalue weighted by Crippen LogP contribution is -2.15. The quantitative estimate of drug-likeness (QED) is 0.171. The summed E-state index contributed by atoms with van der Waals surface area (Å²) < 4.78 is 2.50. The van der Waals surface area contributed by atoms with Gasteiger partial charge in [-0.2, -0.15) is 0 Å². The van der Waals surface area contributed by atoms with Crippen molar-refractivity contribution in [1.82, 2.24) is 4.57 Å². The van der Waals surface area contributed by atoms with Crippen molar-refractivity contribution < 1.29 is 0 Å². The Kier molecular flexibility index (Phi) is 6.72. The van der Waals surface area contributed by atoms with E-state index in [4.69, 9.17) is 0 Å². The summed E-state index contributed by atoms with van der Waals surface area (Å²) in [7, 11) is 0. The molecule has 0 bridgehead atoms. The first-order valence-corrected chi connectivity index (χ1v) is 19.9. The van der Waals surface area contributed by atoms with Gasteiger partial charge in [-0.25, -0.2) is 0 Å². The fourth-order valence-corrected chi connectivity index (χ4v) is 10.1. The largest absolute Gasteiger partial charge is 0.310 e. The molecule has 0 saturated heterocycles. The topological polar surface area (TPSA) is 8.17 Å². The molecule has 0 fully saturated rings. The molecule has 12 rings (SSSR count). The van der Waals surface area contributed by atoms with Crippen molar-refractivity contribution in [3.05, 3.63) is 205 Å². The molecule has 10 aromatic rings. The number of rotatable bonds is 5. The van der Waals surface area contributed by atoms with Gasteiger partial charge in [-0.3, -0.25) is 0 Å². The summed E-state index contributed by atoms with van der Waals surface area (Å²) in [5, 5.41) is 5.22. The zero-order valence-electron chi connectivity index (χ0n) is 31.9. The predicted octanol–water partition coefficient (Wildman–Crippen LogP) is 15.0. The van der Waals surface area contributed by atoms with E-state index in [0.717, 1.165) is 22.7 Å². The summed E-state index contributed by atoms with van der Waals surface area (Å²) in [5.41, 5.74) is 19.9. The molecule has 0 amide bonds. The molecule has 1 aromatic heterocycles. The lowest BCUT2D eigenvalue weighted by molar-refractivity contribution is 0.660. The molecule has 0 radical (unpaired) electrons. The molecule has 1 heterocycles. The summed E-state index contributed by atoms with van der Waals surface area (Å²) in [6, 6.07) is 71.9. The molecule has 0 atom stereocenters. The van der Waals surface area contributed by atoms with Crippen molar-refractivity contribution in [3.8, 4) is 50.2 Å². The van der Waals surface area contributed by atoms with Crippen LogP contribution in [0.15, 0.2) is 194 Å². The van der Waals surface area contributed by atoms with Crippen LogP contribution in [0.25, 0.3) is 82.8 Å². The van der Waals surface area contributed by atoms with Crippen molar-refractivity contribution in [3.63, 3.8) is 0 Å². The smallest absolute Gasteiger partial charge is 0.0553 e. The molecular weight excluding hydrogens is 689 g/mol. The number of para-hydroxylation sites is 1. The second-order valence-electron chi connectivity index (χ2n) is 16.1. The SMILES string of the molecule is CC1(C)c2ccccc2-c2cc(N(c3ccccc3)c3ccc(-n4c5cc(-c6ccccc6)cc6c5c5c7c(cccc7ccc54)-c4ccccc4-6)cc3)ccc21. The minimum absolute atomic E-state index is 0.0408. The monoisotopic (exact) mass is 726 g/mol. The van der Waals surface area contributed by atoms with Gasteiger partial charge in [-0.05, 0) is 133 Å². The molecule has 0 saturated carbocycles. The first-order chi connectivity index (χ1) is 28.0. The average molecular weight is 727 g/mol. The second kappa shape index (κ2) is 11.9. The van der Waals surface area contributed by atoms with Gasteiger partial charge in [-0.1, -0.05) is 141 Å². The molecule has 0 N–H and O–H groups in total. The second-order valence-corrected chi connectivity index (χ2v) is 16.1. The third kappa shape index (κ3) is 4.59. The fraction of sp³-hybridized carbons (Fsp3) is 0.0545. The van der Waals surface area contributed by atoms with Crippen LogP contribution in [-0.4, -0.2) is 4.57 Å². The predicted molar refractivity (Wildman–Crippen MR) is 240 cm³/mol. The van der Waals surface area contributed by atoms with E-state index < -0.39 is 0 Å². The Morgan fingerprint density at radius 2 is 1.00 bits per heavy atom. The van der Waals surface area contributed by atoms with Gasteiger partial charge in [0, 0.05) is 38.9 Å². The molecule has 0 spiro atoms. The van der Waals surface area contributed by atoms with Crippen LogP contribution in [0, 0.1) is 0 Å². The Hall–Kier alpha value is -7.16. The molecule has 9 aromatic carbocycles. The average Bonchev–Trinajstić information content (AvgIpc) is 3.67. The molecule has 268 valence electrons. The van der Waals surface area contributed by atoms with Crippen LogP contribution in [0.5, 0.6) is 0 Å². The van der Waals surface area contributed by atoms with Gasteiger partial charge in [0.1, 0.15) is 0 Å². The van der Waals surface area contributed by atoms with Crippen LogP contribution in [0.2, 0.25) is 0 Å². The highest BCUT2D eigenvalue weighted by Crippen LogP contribution is 2.52. The fourth-order valence-electron chi connectivity index (χ4n) is 10.1. The summed E-state index contributed by atoms with van der Waals surface area (Å²) >= 11 is 0. The van der Waals surface area contributed by atoms with Crippen molar-refractivity contribution in [2.75, 3.05) is 4.90 Å². The third-order valence-corrected chi connectivity index (χ3v) is 12.7. The Balaban J connectivity index is 1.09. The zero-order chi connectivity index (χ0) is 37.8. The van der Waals surface area contributed by atoms with Gasteiger partial charge in [0.2, 0.25) is 0 Å². The number of nitrogens with zero attached hydrogens (tertiary/aromatic N) is 2. The number of aromatic nitrogens is 1. The van der Waals surface area contributed by atoms with Crippen LogP contribution in [0.3, 0.4) is 0 Å². The highest BCUT2D eigenvalue weighted by atomic mass is 15.1. The summed E-state index contributed by atoms with van der Waals surface area (Å²) in [6.45, 7) is 4.69. The molecule has 2 heteroatoms. The normalized spacial score (nSPS) is 13.2. The standard InChI is InChI=1S/C55H38N2/c1-55(2)48-23-12-11-21-44(48)46-34-41(29-30-49(46)55)56(38-17-7-4-8-18-38)39-25-27-40(28-26-39)57-50-31-24-36-16-13-22-45-42-19-9-10-20-43(42)47-32-37(35-14-5-3-6-15-35)33-51(57)53(47)54(50)52(36)45/h3-34H,1-2H3. The van der Waals surface area contributed by atoms with Crippen molar-refractivity contribution in [1.29, 1.82) is 0 Å². The molecule has 0 aliphatic heterocycles. The Morgan fingerprint density at radius 3 is 1.79 bits per heavy atom. The van der Waals surface area contributed by atoms with Gasteiger partial charge < -0.3 is 9.47 Å². The summed E-state index contributed by atoms with van der Waals surface area (Å²) in [6.07, 6.45) is 0. The minimum Gasteiger partial charge on any atom is -0.310 e. The number of anilines is 3. The molecular formula is C55H38N2. The minimum atomic E-state index is -0.0408. The lowest BCUT2D eigenvalue weighted by Gasteiger charge is -2.27. The van der Waals surface area contributed by atoms with Gasteiger partial charge in [0.15, 0.2) is 0 Å². The van der Waals surface area contributed by atoms with Crippen molar-refractivity contribution >= 4 is 49.6 Å².